The fourth-order valence-electron chi connectivity index (χ4n) is 2.52. The van der Waals surface area contributed by atoms with Gasteiger partial charge in [0.2, 0.25) is 0 Å². The van der Waals surface area contributed by atoms with Gasteiger partial charge in [0.25, 0.3) is 5.91 Å². The van der Waals surface area contributed by atoms with E-state index >= 15 is 0 Å². The lowest BCUT2D eigenvalue weighted by atomic mass is 10.0. The Kier molecular flexibility index (Phi) is 5.59. The van der Waals surface area contributed by atoms with Crippen LogP contribution >= 0.6 is 0 Å². The molecule has 5 nitrogen and oxygen atoms in total. The van der Waals surface area contributed by atoms with Gasteiger partial charge in [-0.25, -0.2) is 0 Å². The molecule has 0 aliphatic carbocycles. The van der Waals surface area contributed by atoms with E-state index in [1.54, 1.807) is 24.7 Å². The Morgan fingerprint density at radius 1 is 0.962 bits per heavy atom. The summed E-state index contributed by atoms with van der Waals surface area (Å²) in [5.41, 5.74) is 4.34. The molecule has 0 saturated heterocycles. The molecule has 0 unspecified atom stereocenters. The van der Waals surface area contributed by atoms with E-state index < -0.39 is 0 Å². The quantitative estimate of drug-likeness (QED) is 0.691. The first-order valence-corrected chi connectivity index (χ1v) is 8.62. The molecule has 0 bridgehead atoms. The van der Waals surface area contributed by atoms with Crippen molar-refractivity contribution >= 4 is 17.3 Å². The van der Waals surface area contributed by atoms with Crippen LogP contribution in [0.25, 0.3) is 0 Å². The van der Waals surface area contributed by atoms with Crippen LogP contribution in [0.1, 0.15) is 41.4 Å². The highest BCUT2D eigenvalue weighted by atomic mass is 16.1. The number of amides is 1. The topological polar surface area (TPSA) is 66.9 Å². The molecule has 1 amide bonds. The zero-order valence-corrected chi connectivity index (χ0v) is 14.9. The predicted octanol–water partition coefficient (Wildman–Crippen LogP) is 4.46. The van der Waals surface area contributed by atoms with E-state index in [1.165, 1.54) is 5.56 Å². The first-order chi connectivity index (χ1) is 12.6. The standard InChI is InChI=1S/C21H22N4O/c1-15(2)17-3-5-18(6-4-17)25-21(26)20-13-19(9-12-23-20)24-14-16-7-10-22-11-8-16/h3-13,15H,14H2,1-2H3,(H,23,24)(H,25,26). The lowest BCUT2D eigenvalue weighted by Gasteiger charge is -2.10. The number of carbonyl (C=O) groups excluding carboxylic acids is 1. The molecule has 0 atom stereocenters. The zero-order chi connectivity index (χ0) is 18.4. The number of anilines is 2. The third kappa shape index (κ3) is 4.66. The number of aromatic nitrogens is 2. The number of nitrogens with one attached hydrogen (secondary N) is 2. The third-order valence-electron chi connectivity index (χ3n) is 4.07. The minimum absolute atomic E-state index is 0.227. The average molecular weight is 346 g/mol. The molecule has 3 aromatic rings. The first-order valence-electron chi connectivity index (χ1n) is 8.62. The summed E-state index contributed by atoms with van der Waals surface area (Å²) in [5, 5.41) is 6.18. The number of rotatable bonds is 6. The molecule has 2 N–H and O–H groups in total. The molecule has 2 heterocycles. The van der Waals surface area contributed by atoms with E-state index in [0.717, 1.165) is 16.9 Å². The summed E-state index contributed by atoms with van der Waals surface area (Å²) in [4.78, 5) is 20.6. The van der Waals surface area contributed by atoms with Crippen molar-refractivity contribution in [3.05, 3.63) is 83.9 Å². The Balaban J connectivity index is 1.64. The summed E-state index contributed by atoms with van der Waals surface area (Å²) in [6.07, 6.45) is 5.14. The molecule has 1 aromatic carbocycles. The largest absolute Gasteiger partial charge is 0.381 e. The van der Waals surface area contributed by atoms with Crippen molar-refractivity contribution in [3.8, 4) is 0 Å². The van der Waals surface area contributed by atoms with Crippen molar-refractivity contribution in [2.45, 2.75) is 26.3 Å². The smallest absolute Gasteiger partial charge is 0.274 e. The van der Waals surface area contributed by atoms with Crippen molar-refractivity contribution in [1.29, 1.82) is 0 Å². The summed E-state index contributed by atoms with van der Waals surface area (Å²) in [7, 11) is 0. The fraction of sp³-hybridized carbons (Fsp3) is 0.190. The second kappa shape index (κ2) is 8.25. The fourth-order valence-corrected chi connectivity index (χ4v) is 2.52. The van der Waals surface area contributed by atoms with Gasteiger partial charge < -0.3 is 10.6 Å². The zero-order valence-electron chi connectivity index (χ0n) is 14.9. The van der Waals surface area contributed by atoms with Gasteiger partial charge in [-0.15, -0.1) is 0 Å². The minimum atomic E-state index is -0.227. The summed E-state index contributed by atoms with van der Waals surface area (Å²) in [6.45, 7) is 4.94. The second-order valence-electron chi connectivity index (χ2n) is 6.37. The van der Waals surface area contributed by atoms with Crippen LogP contribution < -0.4 is 10.6 Å². The number of hydrogen-bond acceptors (Lipinski definition) is 4. The highest BCUT2D eigenvalue weighted by molar-refractivity contribution is 6.03. The second-order valence-corrected chi connectivity index (χ2v) is 6.37. The van der Waals surface area contributed by atoms with Gasteiger partial charge in [0.1, 0.15) is 5.69 Å². The van der Waals surface area contributed by atoms with Crippen molar-refractivity contribution < 1.29 is 4.79 Å². The lowest BCUT2D eigenvalue weighted by Crippen LogP contribution is -2.14. The van der Waals surface area contributed by atoms with Gasteiger partial charge in [-0.3, -0.25) is 14.8 Å². The van der Waals surface area contributed by atoms with E-state index in [2.05, 4.69) is 34.4 Å². The van der Waals surface area contributed by atoms with Gasteiger partial charge in [-0.2, -0.15) is 0 Å². The maximum atomic E-state index is 12.4. The van der Waals surface area contributed by atoms with Crippen molar-refractivity contribution in [3.63, 3.8) is 0 Å². The highest BCUT2D eigenvalue weighted by Crippen LogP contribution is 2.18. The maximum absolute atomic E-state index is 12.4. The van der Waals surface area contributed by atoms with Crippen molar-refractivity contribution in [2.24, 2.45) is 0 Å². The Morgan fingerprint density at radius 2 is 1.69 bits per heavy atom. The van der Waals surface area contributed by atoms with Gasteiger partial charge >= 0.3 is 0 Å². The van der Waals surface area contributed by atoms with Gasteiger partial charge in [-0.05, 0) is 53.4 Å². The van der Waals surface area contributed by atoms with Gasteiger partial charge in [0.05, 0.1) is 0 Å². The monoisotopic (exact) mass is 346 g/mol. The molecule has 26 heavy (non-hydrogen) atoms. The Labute approximate surface area is 153 Å². The van der Waals surface area contributed by atoms with Gasteiger partial charge in [0.15, 0.2) is 0 Å². The normalized spacial score (nSPS) is 10.6. The van der Waals surface area contributed by atoms with E-state index in [9.17, 15) is 4.79 Å². The summed E-state index contributed by atoms with van der Waals surface area (Å²) < 4.78 is 0. The Bertz CT molecular complexity index is 861. The van der Waals surface area contributed by atoms with Crippen LogP contribution in [-0.4, -0.2) is 15.9 Å². The number of carbonyl (C=O) groups is 1. The van der Waals surface area contributed by atoms with Gasteiger partial charge in [0, 0.05) is 36.5 Å². The molecule has 2 aromatic heterocycles. The van der Waals surface area contributed by atoms with Crippen LogP contribution in [0.5, 0.6) is 0 Å². The van der Waals surface area contributed by atoms with Crippen LogP contribution in [-0.2, 0) is 6.54 Å². The molecular formula is C21H22N4O. The number of pyridine rings is 2. The van der Waals surface area contributed by atoms with Gasteiger partial charge in [-0.1, -0.05) is 26.0 Å². The molecule has 0 aliphatic heterocycles. The van der Waals surface area contributed by atoms with Crippen molar-refractivity contribution in [2.75, 3.05) is 10.6 Å². The van der Waals surface area contributed by atoms with E-state index in [4.69, 9.17) is 0 Å². The first kappa shape index (κ1) is 17.6. The van der Waals surface area contributed by atoms with Crippen LogP contribution in [0.4, 0.5) is 11.4 Å². The highest BCUT2D eigenvalue weighted by Gasteiger charge is 2.09. The number of hydrogen-bond donors (Lipinski definition) is 2. The molecule has 3 rings (SSSR count). The molecule has 0 radical (unpaired) electrons. The van der Waals surface area contributed by atoms with Crippen LogP contribution in [0, 0.1) is 0 Å². The molecule has 0 aliphatic rings. The molecule has 0 fully saturated rings. The molecular weight excluding hydrogens is 324 g/mol. The Hall–Kier alpha value is -3.21. The van der Waals surface area contributed by atoms with Crippen LogP contribution in [0.3, 0.4) is 0 Å². The predicted molar refractivity (Wildman–Crippen MR) is 104 cm³/mol. The molecule has 0 spiro atoms. The van der Waals surface area contributed by atoms with Crippen molar-refractivity contribution in [1.82, 2.24) is 9.97 Å². The summed E-state index contributed by atoms with van der Waals surface area (Å²) in [5.74, 6) is 0.236. The average Bonchev–Trinajstić information content (AvgIpc) is 2.68. The van der Waals surface area contributed by atoms with E-state index in [0.29, 0.717) is 18.2 Å². The lowest BCUT2D eigenvalue weighted by molar-refractivity contribution is 0.102. The number of benzene rings is 1. The summed E-state index contributed by atoms with van der Waals surface area (Å²) in [6, 6.07) is 15.4. The number of nitrogens with zero attached hydrogens (tertiary/aromatic N) is 2. The molecule has 5 heteroatoms. The molecule has 0 saturated carbocycles. The molecule has 132 valence electrons. The van der Waals surface area contributed by atoms with Crippen LogP contribution in [0.15, 0.2) is 67.1 Å². The SMILES string of the molecule is CC(C)c1ccc(NC(=O)c2cc(NCc3ccncc3)ccn2)cc1. The van der Waals surface area contributed by atoms with E-state index in [-0.39, 0.29) is 5.91 Å². The summed E-state index contributed by atoms with van der Waals surface area (Å²) >= 11 is 0. The van der Waals surface area contributed by atoms with Crippen LogP contribution in [0.2, 0.25) is 0 Å². The Morgan fingerprint density at radius 3 is 2.38 bits per heavy atom. The minimum Gasteiger partial charge on any atom is -0.381 e. The maximum Gasteiger partial charge on any atom is 0.274 e. The third-order valence-corrected chi connectivity index (χ3v) is 4.07. The van der Waals surface area contributed by atoms with E-state index in [1.807, 2.05) is 42.5 Å².